The third-order valence-corrected chi connectivity index (χ3v) is 9.61. The monoisotopic (exact) mass is 718 g/mol. The molecular weight excluding hydrogens is 689 g/mol. The van der Waals surface area contributed by atoms with Crippen LogP contribution in [0.3, 0.4) is 0 Å². The molecule has 4 rings (SSSR count). The van der Waals surface area contributed by atoms with Gasteiger partial charge in [-0.1, -0.05) is 79.5 Å². The highest BCUT2D eigenvalue weighted by atomic mass is 35.5. The lowest BCUT2D eigenvalue weighted by Crippen LogP contribution is -2.54. The minimum absolute atomic E-state index is 0.0142. The number of nitrogens with zero attached hydrogens (tertiary/aromatic N) is 6. The lowest BCUT2D eigenvalue weighted by atomic mass is 9.99. The summed E-state index contributed by atoms with van der Waals surface area (Å²) in [5.41, 5.74) is -0.0424. The van der Waals surface area contributed by atoms with E-state index in [0.29, 0.717) is 17.0 Å². The molecule has 9 nitrogen and oxygen atoms in total. The average molecular weight is 720 g/mol. The number of nitriles is 1. The standard InChI is InChI=1S/C33H31Cl4FN6O3/c1-8-16(5)29(27(40-7)15(3)4)44-32-18(12-20(34)28(41-32)22-23(35)24(36)25(37)31(46)26(22)38)30(19(13-39)33(44)47)42-10-11-43(17(6)14-42)21(45)9-2/h8-9,12,15,17,46H,1-2,10-11,14H2,3-7H3/b29-16+,40-27?/t17-/m1/s1. The number of hydrogen-bond acceptors (Lipinski definition) is 7. The molecule has 1 amide bonds. The molecule has 47 heavy (non-hydrogen) atoms. The zero-order chi connectivity index (χ0) is 35.1. The predicted molar refractivity (Wildman–Crippen MR) is 189 cm³/mol. The van der Waals surface area contributed by atoms with Crippen molar-refractivity contribution in [3.63, 3.8) is 0 Å². The van der Waals surface area contributed by atoms with Crippen molar-refractivity contribution >= 4 is 80.4 Å². The fourth-order valence-electron chi connectivity index (χ4n) is 5.74. The van der Waals surface area contributed by atoms with Crippen molar-refractivity contribution in [2.45, 2.75) is 33.7 Å². The minimum atomic E-state index is -1.23. The second kappa shape index (κ2) is 14.1. The molecule has 0 aliphatic carbocycles. The van der Waals surface area contributed by atoms with E-state index in [0.717, 1.165) is 0 Å². The largest absolute Gasteiger partial charge is 0.504 e. The van der Waals surface area contributed by atoms with Gasteiger partial charge in [-0.15, -0.1) is 0 Å². The Morgan fingerprint density at radius 1 is 1.19 bits per heavy atom. The van der Waals surface area contributed by atoms with E-state index in [4.69, 9.17) is 51.4 Å². The van der Waals surface area contributed by atoms with E-state index in [1.807, 2.05) is 25.7 Å². The number of anilines is 1. The summed E-state index contributed by atoms with van der Waals surface area (Å²) in [6.45, 7) is 15.6. The van der Waals surface area contributed by atoms with Crippen LogP contribution in [0.4, 0.5) is 10.1 Å². The first-order valence-corrected chi connectivity index (χ1v) is 15.9. The van der Waals surface area contributed by atoms with Gasteiger partial charge in [0.15, 0.2) is 11.6 Å². The third kappa shape index (κ3) is 6.14. The van der Waals surface area contributed by atoms with Gasteiger partial charge in [-0.25, -0.2) is 9.37 Å². The first-order chi connectivity index (χ1) is 22.2. The molecule has 0 bridgehead atoms. The molecule has 3 aromatic rings. The van der Waals surface area contributed by atoms with Gasteiger partial charge in [0.1, 0.15) is 22.3 Å². The van der Waals surface area contributed by atoms with Crippen molar-refractivity contribution in [1.29, 1.82) is 5.26 Å². The number of aromatic hydroxyl groups is 1. The van der Waals surface area contributed by atoms with E-state index in [1.54, 1.807) is 24.9 Å². The van der Waals surface area contributed by atoms with Crippen LogP contribution in [0.5, 0.6) is 5.75 Å². The Hall–Kier alpha value is -3.88. The molecule has 1 N–H and O–H groups in total. The molecule has 1 aliphatic heterocycles. The predicted octanol–water partition coefficient (Wildman–Crippen LogP) is 7.76. The Bertz CT molecular complexity index is 1990. The van der Waals surface area contributed by atoms with Crippen molar-refractivity contribution in [3.05, 3.63) is 78.8 Å². The van der Waals surface area contributed by atoms with Crippen LogP contribution >= 0.6 is 46.4 Å². The first kappa shape index (κ1) is 36.0. The maximum absolute atomic E-state index is 15.7. The van der Waals surface area contributed by atoms with Gasteiger partial charge in [0, 0.05) is 38.1 Å². The van der Waals surface area contributed by atoms with Crippen LogP contribution in [-0.2, 0) is 4.79 Å². The molecule has 3 heterocycles. The number of rotatable bonds is 7. The maximum atomic E-state index is 15.7. The molecular formula is C33H31Cl4FN6O3. The molecule has 0 unspecified atom stereocenters. The molecule has 1 aliphatic rings. The Kier molecular flexibility index (Phi) is 10.8. The highest BCUT2D eigenvalue weighted by Crippen LogP contribution is 2.48. The number of amides is 1. The number of hydrogen-bond donors (Lipinski definition) is 1. The Morgan fingerprint density at radius 3 is 2.38 bits per heavy atom. The van der Waals surface area contributed by atoms with Crippen LogP contribution in [0.1, 0.15) is 33.3 Å². The molecule has 1 aromatic carbocycles. The fraction of sp³-hybridized carbons (Fsp3) is 0.303. The quantitative estimate of drug-likeness (QED) is 0.0878. The van der Waals surface area contributed by atoms with E-state index in [2.05, 4.69) is 24.2 Å². The van der Waals surface area contributed by atoms with Gasteiger partial charge in [0.25, 0.3) is 5.56 Å². The SMILES string of the molecule is C=CC(=O)N1CCN(c2c(C#N)c(=O)n(/C(C(=NC)C(C)C)=C(\C)C=C)c3nc(-c4c(F)c(O)c(Cl)c(Cl)c4Cl)c(Cl)cc23)C[C@H]1C. The summed E-state index contributed by atoms with van der Waals surface area (Å²) < 4.78 is 16.9. The van der Waals surface area contributed by atoms with Crippen LogP contribution in [0.2, 0.25) is 20.1 Å². The number of fused-ring (bicyclic) bond motifs is 1. The molecule has 14 heteroatoms. The number of allylic oxidation sites excluding steroid dienone is 3. The first-order valence-electron chi connectivity index (χ1n) is 14.4. The van der Waals surface area contributed by atoms with Crippen molar-refractivity contribution in [3.8, 4) is 23.1 Å². The summed E-state index contributed by atoms with van der Waals surface area (Å²) in [4.78, 5) is 39.7. The maximum Gasteiger partial charge on any atom is 0.276 e. The molecule has 1 fully saturated rings. The van der Waals surface area contributed by atoms with Crippen molar-refractivity contribution in [2.24, 2.45) is 10.9 Å². The number of carbonyl (C=O) groups excluding carboxylic acids is 1. The Labute approximate surface area is 291 Å². The fourth-order valence-corrected chi connectivity index (χ4v) is 6.66. The number of benzene rings is 1. The topological polar surface area (TPSA) is 115 Å². The van der Waals surface area contributed by atoms with E-state index in [-0.39, 0.29) is 80.5 Å². The average Bonchev–Trinajstić information content (AvgIpc) is 3.04. The highest BCUT2D eigenvalue weighted by Gasteiger charge is 2.33. The van der Waals surface area contributed by atoms with Gasteiger partial charge in [0.05, 0.1) is 43.4 Å². The van der Waals surface area contributed by atoms with E-state index in [9.17, 15) is 20.0 Å². The molecule has 1 atom stereocenters. The zero-order valence-corrected chi connectivity index (χ0v) is 29.3. The lowest BCUT2D eigenvalue weighted by Gasteiger charge is -2.41. The second-order valence-electron chi connectivity index (χ2n) is 11.2. The van der Waals surface area contributed by atoms with Gasteiger partial charge < -0.3 is 14.9 Å². The van der Waals surface area contributed by atoms with Gasteiger partial charge >= 0.3 is 0 Å². The van der Waals surface area contributed by atoms with Crippen molar-refractivity contribution in [1.82, 2.24) is 14.5 Å². The number of phenolic OH excluding ortho intramolecular Hbond substituents is 1. The summed E-state index contributed by atoms with van der Waals surface area (Å²) in [7, 11) is 1.58. The highest BCUT2D eigenvalue weighted by molar-refractivity contribution is 6.50. The van der Waals surface area contributed by atoms with Gasteiger partial charge in [-0.3, -0.25) is 19.1 Å². The smallest absolute Gasteiger partial charge is 0.276 e. The number of aliphatic imine (C=N–C) groups is 1. The van der Waals surface area contributed by atoms with E-state index >= 15 is 4.39 Å². The summed E-state index contributed by atoms with van der Waals surface area (Å²) in [6, 6.07) is 3.22. The van der Waals surface area contributed by atoms with Crippen LogP contribution < -0.4 is 10.5 Å². The van der Waals surface area contributed by atoms with Crippen LogP contribution in [-0.4, -0.2) is 63.9 Å². The summed E-state index contributed by atoms with van der Waals surface area (Å²) in [5.74, 6) is -2.63. The second-order valence-corrected chi connectivity index (χ2v) is 12.7. The normalized spacial score (nSPS) is 16.0. The van der Waals surface area contributed by atoms with Gasteiger partial charge in [-0.2, -0.15) is 5.26 Å². The number of phenols is 1. The Morgan fingerprint density at radius 2 is 1.85 bits per heavy atom. The summed E-state index contributed by atoms with van der Waals surface area (Å²) >= 11 is 25.5. The van der Waals surface area contributed by atoms with Gasteiger partial charge in [0.2, 0.25) is 5.91 Å². The van der Waals surface area contributed by atoms with Crippen LogP contribution in [0.25, 0.3) is 28.0 Å². The lowest BCUT2D eigenvalue weighted by molar-refractivity contribution is -0.128. The summed E-state index contributed by atoms with van der Waals surface area (Å²) in [6.07, 6.45) is 2.78. The molecule has 1 saturated heterocycles. The van der Waals surface area contributed by atoms with Gasteiger partial charge in [-0.05, 0) is 37.5 Å². The molecule has 0 saturated carbocycles. The van der Waals surface area contributed by atoms with E-state index < -0.39 is 27.7 Å². The molecule has 2 aromatic heterocycles. The van der Waals surface area contributed by atoms with Crippen LogP contribution in [0.15, 0.2) is 46.7 Å². The van der Waals surface area contributed by atoms with E-state index in [1.165, 1.54) is 16.7 Å². The molecule has 0 radical (unpaired) electrons. The number of aromatic nitrogens is 2. The molecule has 0 spiro atoms. The van der Waals surface area contributed by atoms with Crippen molar-refractivity contribution in [2.75, 3.05) is 31.6 Å². The minimum Gasteiger partial charge on any atom is -0.504 e. The number of pyridine rings is 2. The number of piperazine rings is 1. The third-order valence-electron chi connectivity index (χ3n) is 8.00. The zero-order valence-electron chi connectivity index (χ0n) is 26.3. The summed E-state index contributed by atoms with van der Waals surface area (Å²) in [5, 5.41) is 19.9. The number of carbonyl (C=O) groups is 1. The van der Waals surface area contributed by atoms with Crippen molar-refractivity contribution < 1.29 is 14.3 Å². The number of halogens is 5. The molecule has 246 valence electrons. The Balaban J connectivity index is 2.24. The van der Waals surface area contributed by atoms with Crippen LogP contribution in [0, 0.1) is 23.1 Å².